The summed E-state index contributed by atoms with van der Waals surface area (Å²) in [7, 11) is 3.68. The molecule has 0 saturated carbocycles. The van der Waals surface area contributed by atoms with Crippen LogP contribution in [-0.4, -0.2) is 29.8 Å². The van der Waals surface area contributed by atoms with Gasteiger partial charge in [-0.25, -0.2) is 0 Å². The zero-order chi connectivity index (χ0) is 25.7. The molecule has 0 fully saturated rings. The van der Waals surface area contributed by atoms with Crippen LogP contribution in [0.2, 0.25) is 0 Å². The van der Waals surface area contributed by atoms with Gasteiger partial charge in [0.25, 0.3) is 0 Å². The molecule has 36 heavy (non-hydrogen) atoms. The van der Waals surface area contributed by atoms with Gasteiger partial charge in [0.2, 0.25) is 0 Å². The lowest BCUT2D eigenvalue weighted by atomic mass is 10.1. The van der Waals surface area contributed by atoms with Gasteiger partial charge >= 0.3 is 0 Å². The van der Waals surface area contributed by atoms with Gasteiger partial charge in [-0.1, -0.05) is 55.5 Å². The van der Waals surface area contributed by atoms with Crippen LogP contribution in [0.1, 0.15) is 36.8 Å². The highest BCUT2D eigenvalue weighted by Gasteiger charge is 2.14. The van der Waals surface area contributed by atoms with Gasteiger partial charge in [-0.2, -0.15) is 10.2 Å². The fourth-order valence-electron chi connectivity index (χ4n) is 3.70. The average Bonchev–Trinajstić information content (AvgIpc) is 3.40. The predicted molar refractivity (Wildman–Crippen MR) is 148 cm³/mol. The third-order valence-electron chi connectivity index (χ3n) is 5.38. The van der Waals surface area contributed by atoms with Crippen LogP contribution < -0.4 is 0 Å². The number of benzene rings is 2. The molecular formula is C28H24Br2N4O2. The molecule has 8 heteroatoms. The number of phenolic OH excluding ortho intramolecular Hbond substituents is 2. The molecule has 2 aromatic carbocycles. The molecule has 2 N–H and O–H groups in total. The van der Waals surface area contributed by atoms with Crippen molar-refractivity contribution in [2.45, 2.75) is 25.7 Å². The minimum Gasteiger partial charge on any atom is -0.507 e. The van der Waals surface area contributed by atoms with Gasteiger partial charge < -0.3 is 10.2 Å². The summed E-state index contributed by atoms with van der Waals surface area (Å²) in [5.74, 6) is 13.2. The lowest BCUT2D eigenvalue weighted by Gasteiger charge is -2.02. The van der Waals surface area contributed by atoms with E-state index in [0.717, 1.165) is 45.8 Å². The summed E-state index contributed by atoms with van der Waals surface area (Å²) in [6.45, 7) is 0. The molecule has 0 bridgehead atoms. The highest BCUT2D eigenvalue weighted by molar-refractivity contribution is 9.10. The topological polar surface area (TPSA) is 76.1 Å². The number of phenols is 2. The number of aromatic hydroxyl groups is 2. The van der Waals surface area contributed by atoms with Gasteiger partial charge in [-0.05, 0) is 49.2 Å². The van der Waals surface area contributed by atoms with Crippen molar-refractivity contribution in [1.29, 1.82) is 0 Å². The maximum absolute atomic E-state index is 10.3. The van der Waals surface area contributed by atoms with Crippen molar-refractivity contribution >= 4 is 31.9 Å². The lowest BCUT2D eigenvalue weighted by molar-refractivity contribution is 0.476. The second-order valence-electron chi connectivity index (χ2n) is 8.26. The SMILES string of the molecule is Cn1cc(C#CCCCCC#Cc2cn(C)nc2-c2cc(Br)ccc2O)c(-c2cc(Br)ccc2O)n1. The van der Waals surface area contributed by atoms with Gasteiger partial charge in [-0.15, -0.1) is 0 Å². The number of aromatic nitrogens is 4. The number of rotatable bonds is 5. The lowest BCUT2D eigenvalue weighted by Crippen LogP contribution is -1.88. The van der Waals surface area contributed by atoms with Crippen LogP contribution in [0.4, 0.5) is 0 Å². The number of halogens is 2. The Kier molecular flexibility index (Phi) is 8.20. The summed E-state index contributed by atoms with van der Waals surface area (Å²) >= 11 is 6.89. The number of nitrogens with zero attached hydrogens (tertiary/aromatic N) is 4. The maximum atomic E-state index is 10.3. The molecule has 0 radical (unpaired) electrons. The fraction of sp³-hybridized carbons (Fsp3) is 0.214. The molecule has 0 aliphatic heterocycles. The summed E-state index contributed by atoms with van der Waals surface area (Å²) in [6, 6.07) is 10.5. The second kappa shape index (κ2) is 11.5. The standard InChI is InChI=1S/C28H24Br2N4O2/c1-33-17-19(27(31-33)23-15-21(29)11-13-25(23)35)9-7-5-3-4-6-8-10-20-18-34(2)32-28(20)24-16-22(30)12-14-26(24)36/h11-18,35-36H,3-6H2,1-2H3. The summed E-state index contributed by atoms with van der Waals surface area (Å²) in [6.07, 6.45) is 7.05. The summed E-state index contributed by atoms with van der Waals surface area (Å²) < 4.78 is 5.15. The van der Waals surface area contributed by atoms with Crippen LogP contribution in [0.15, 0.2) is 57.7 Å². The summed E-state index contributed by atoms with van der Waals surface area (Å²) in [5.41, 5.74) is 4.19. The molecule has 0 aliphatic carbocycles. The van der Waals surface area contributed by atoms with E-state index in [-0.39, 0.29) is 11.5 Å². The van der Waals surface area contributed by atoms with E-state index in [1.165, 1.54) is 0 Å². The molecule has 2 aromatic heterocycles. The minimum absolute atomic E-state index is 0.172. The molecule has 0 amide bonds. The van der Waals surface area contributed by atoms with Crippen LogP contribution >= 0.6 is 31.9 Å². The van der Waals surface area contributed by atoms with Crippen LogP contribution in [0.25, 0.3) is 22.5 Å². The van der Waals surface area contributed by atoms with E-state index < -0.39 is 0 Å². The third-order valence-corrected chi connectivity index (χ3v) is 6.37. The van der Waals surface area contributed by atoms with Crippen LogP contribution in [0.5, 0.6) is 11.5 Å². The number of unbranched alkanes of at least 4 members (excludes halogenated alkanes) is 3. The van der Waals surface area contributed by atoms with E-state index >= 15 is 0 Å². The van der Waals surface area contributed by atoms with Crippen molar-refractivity contribution in [3.8, 4) is 57.7 Å². The van der Waals surface area contributed by atoms with Gasteiger partial charge in [0.05, 0.1) is 11.1 Å². The monoisotopic (exact) mass is 606 g/mol. The van der Waals surface area contributed by atoms with E-state index in [1.54, 1.807) is 33.6 Å². The quantitative estimate of drug-likeness (QED) is 0.204. The van der Waals surface area contributed by atoms with Crippen LogP contribution in [-0.2, 0) is 14.1 Å². The Morgan fingerprint density at radius 1 is 0.722 bits per heavy atom. The smallest absolute Gasteiger partial charge is 0.125 e. The first-order valence-corrected chi connectivity index (χ1v) is 12.9. The Hall–Kier alpha value is -3.46. The van der Waals surface area contributed by atoms with Crippen molar-refractivity contribution in [3.05, 3.63) is 68.9 Å². The first-order chi connectivity index (χ1) is 17.3. The Bertz CT molecular complexity index is 1410. The Labute approximate surface area is 227 Å². The van der Waals surface area contributed by atoms with Crippen molar-refractivity contribution in [1.82, 2.24) is 19.6 Å². The van der Waals surface area contributed by atoms with Crippen LogP contribution in [0, 0.1) is 23.7 Å². The number of aryl methyl sites for hydroxylation is 2. The molecule has 6 nitrogen and oxygen atoms in total. The zero-order valence-corrected chi connectivity index (χ0v) is 23.1. The minimum atomic E-state index is 0.172. The zero-order valence-electron chi connectivity index (χ0n) is 19.9. The number of hydrogen-bond acceptors (Lipinski definition) is 4. The molecule has 2 heterocycles. The molecule has 182 valence electrons. The molecule has 0 saturated heterocycles. The molecule has 0 unspecified atom stereocenters. The van der Waals surface area contributed by atoms with E-state index in [9.17, 15) is 10.2 Å². The highest BCUT2D eigenvalue weighted by Crippen LogP contribution is 2.33. The van der Waals surface area contributed by atoms with E-state index in [1.807, 2.05) is 38.6 Å². The first-order valence-electron chi connectivity index (χ1n) is 11.3. The normalized spacial score (nSPS) is 10.4. The summed E-state index contributed by atoms with van der Waals surface area (Å²) in [5, 5.41) is 29.5. The van der Waals surface area contributed by atoms with Crippen molar-refractivity contribution in [2.24, 2.45) is 14.1 Å². The van der Waals surface area contributed by atoms with Crippen LogP contribution in [0.3, 0.4) is 0 Å². The van der Waals surface area contributed by atoms with E-state index in [2.05, 4.69) is 65.7 Å². The molecular weight excluding hydrogens is 584 g/mol. The highest BCUT2D eigenvalue weighted by atomic mass is 79.9. The van der Waals surface area contributed by atoms with Gasteiger partial charge in [0, 0.05) is 59.4 Å². The first kappa shape index (κ1) is 25.6. The molecule has 0 spiro atoms. The second-order valence-corrected chi connectivity index (χ2v) is 10.1. The average molecular weight is 608 g/mol. The van der Waals surface area contributed by atoms with Gasteiger partial charge in [0.1, 0.15) is 22.9 Å². The molecule has 4 rings (SSSR count). The third kappa shape index (κ3) is 6.20. The van der Waals surface area contributed by atoms with E-state index in [0.29, 0.717) is 22.5 Å². The Morgan fingerprint density at radius 2 is 1.14 bits per heavy atom. The molecule has 0 atom stereocenters. The predicted octanol–water partition coefficient (Wildman–Crippen LogP) is 6.39. The Morgan fingerprint density at radius 3 is 1.56 bits per heavy atom. The van der Waals surface area contributed by atoms with E-state index in [4.69, 9.17) is 0 Å². The molecule has 0 aliphatic rings. The van der Waals surface area contributed by atoms with Gasteiger partial charge in [-0.3, -0.25) is 9.36 Å². The van der Waals surface area contributed by atoms with Gasteiger partial charge in [0.15, 0.2) is 0 Å². The van der Waals surface area contributed by atoms with Crippen molar-refractivity contribution in [3.63, 3.8) is 0 Å². The maximum Gasteiger partial charge on any atom is 0.125 e. The number of hydrogen-bond donors (Lipinski definition) is 2. The van der Waals surface area contributed by atoms with Crippen molar-refractivity contribution < 1.29 is 10.2 Å². The largest absolute Gasteiger partial charge is 0.507 e. The summed E-state index contributed by atoms with van der Waals surface area (Å²) in [4.78, 5) is 0. The molecule has 4 aromatic rings. The fourth-order valence-corrected chi connectivity index (χ4v) is 4.42. The van der Waals surface area contributed by atoms with Crippen molar-refractivity contribution in [2.75, 3.05) is 0 Å². The Balaban J connectivity index is 1.36.